The van der Waals surface area contributed by atoms with Gasteiger partial charge in [0.25, 0.3) is 0 Å². The van der Waals surface area contributed by atoms with Crippen LogP contribution in [-0.2, 0) is 11.8 Å². The molecule has 1 fully saturated rings. The normalized spacial score (nSPS) is 29.0. The molecule has 1 aromatic carbocycles. The molecule has 0 spiro atoms. The smallest absolute Gasteiger partial charge is 0.102 e. The number of fused-ring (bicyclic) bond motifs is 3. The van der Waals surface area contributed by atoms with Gasteiger partial charge in [0, 0.05) is 5.41 Å². The van der Waals surface area contributed by atoms with Gasteiger partial charge in [-0.1, -0.05) is 52.3 Å². The number of aryl methyl sites for hydroxylation is 1. The van der Waals surface area contributed by atoms with Gasteiger partial charge in [0.2, 0.25) is 0 Å². The van der Waals surface area contributed by atoms with Crippen LogP contribution >= 0.6 is 0 Å². The van der Waals surface area contributed by atoms with Gasteiger partial charge in [-0.05, 0) is 59.6 Å². The van der Waals surface area contributed by atoms with Crippen LogP contribution in [0.5, 0.6) is 0 Å². The van der Waals surface area contributed by atoms with Crippen LogP contribution < -0.4 is 0 Å². The Morgan fingerprint density at radius 2 is 1.63 bits per heavy atom. The molecule has 2 aliphatic carbocycles. The fraction of sp³-hybridized carbons (Fsp3) is 0.769. The largest absolute Gasteiger partial charge is 0.391 e. The summed E-state index contributed by atoms with van der Waals surface area (Å²) >= 11 is 0. The molecule has 1 aromatic rings. The zero-order valence-corrected chi connectivity index (χ0v) is 19.7. The Balaban J connectivity index is 1.96. The monoisotopic (exact) mass is 418 g/mol. The quantitative estimate of drug-likeness (QED) is 0.537. The second-order valence-electron chi connectivity index (χ2n) is 10.9. The first-order valence-electron chi connectivity index (χ1n) is 12.0. The maximum absolute atomic E-state index is 9.77. The Morgan fingerprint density at radius 3 is 2.20 bits per heavy atom. The lowest BCUT2D eigenvalue weighted by Gasteiger charge is -2.57. The lowest BCUT2D eigenvalue weighted by molar-refractivity contribution is -0.935. The molecular formula is C26H44NO3+. The van der Waals surface area contributed by atoms with Crippen molar-refractivity contribution < 1.29 is 19.8 Å². The molecule has 1 saturated carbocycles. The minimum Gasteiger partial charge on any atom is -0.391 e. The summed E-state index contributed by atoms with van der Waals surface area (Å²) in [5, 5.41) is 29.3. The van der Waals surface area contributed by atoms with E-state index in [9.17, 15) is 15.3 Å². The van der Waals surface area contributed by atoms with Crippen LogP contribution in [0.25, 0.3) is 0 Å². The molecule has 0 amide bonds. The molecule has 4 heteroatoms. The predicted octanol–water partition coefficient (Wildman–Crippen LogP) is 3.61. The van der Waals surface area contributed by atoms with E-state index in [4.69, 9.17) is 0 Å². The van der Waals surface area contributed by atoms with Crippen LogP contribution in [0.2, 0.25) is 0 Å². The van der Waals surface area contributed by atoms with Gasteiger partial charge < -0.3 is 19.8 Å². The number of nitrogens with zero attached hydrogens (tertiary/aromatic N) is 1. The van der Waals surface area contributed by atoms with Crippen LogP contribution in [0.4, 0.5) is 0 Å². The van der Waals surface area contributed by atoms with Crippen LogP contribution in [0.15, 0.2) is 18.2 Å². The van der Waals surface area contributed by atoms with E-state index < -0.39 is 0 Å². The maximum atomic E-state index is 9.77. The predicted molar refractivity (Wildman–Crippen MR) is 123 cm³/mol. The van der Waals surface area contributed by atoms with E-state index in [2.05, 4.69) is 45.9 Å². The number of benzene rings is 1. The molecule has 3 atom stereocenters. The average molecular weight is 419 g/mol. The second kappa shape index (κ2) is 9.28. The van der Waals surface area contributed by atoms with E-state index in [-0.39, 0.29) is 30.7 Å². The number of hydrogen-bond acceptors (Lipinski definition) is 3. The molecule has 0 bridgehead atoms. The third-order valence-corrected chi connectivity index (χ3v) is 8.59. The summed E-state index contributed by atoms with van der Waals surface area (Å²) < 4.78 is 0.617. The van der Waals surface area contributed by atoms with Crippen molar-refractivity contribution in [1.82, 2.24) is 0 Å². The third-order valence-electron chi connectivity index (χ3n) is 8.59. The van der Waals surface area contributed by atoms with Crippen molar-refractivity contribution in [2.45, 2.75) is 71.1 Å². The maximum Gasteiger partial charge on any atom is 0.102 e. The average Bonchev–Trinajstić information content (AvgIpc) is 2.68. The highest BCUT2D eigenvalue weighted by atomic mass is 16.3. The summed E-state index contributed by atoms with van der Waals surface area (Å²) in [4.78, 5) is 0. The molecule has 30 heavy (non-hydrogen) atoms. The first-order valence-corrected chi connectivity index (χ1v) is 12.0. The van der Waals surface area contributed by atoms with Crippen LogP contribution in [-0.4, -0.2) is 65.8 Å². The SMILES string of the molecule is CC(C)c1ccc2c(c1)CC[C@H]1[C@](C)(C[N+](CCO)(CCO)CCO)CCC[C@]21C. The number of aliphatic hydroxyl groups is 3. The van der Waals surface area contributed by atoms with Gasteiger partial charge in [0.05, 0.1) is 26.4 Å². The van der Waals surface area contributed by atoms with Crippen molar-refractivity contribution in [3.63, 3.8) is 0 Å². The lowest BCUT2D eigenvalue weighted by Crippen LogP contribution is -2.62. The topological polar surface area (TPSA) is 60.7 Å². The van der Waals surface area contributed by atoms with Crippen LogP contribution in [0, 0.1) is 11.3 Å². The minimum atomic E-state index is 0.0961. The van der Waals surface area contributed by atoms with E-state index in [1.165, 1.54) is 31.2 Å². The molecule has 0 aromatic heterocycles. The molecule has 3 N–H and O–H groups in total. The highest BCUT2D eigenvalue weighted by Crippen LogP contribution is 2.58. The zero-order valence-electron chi connectivity index (χ0n) is 19.7. The van der Waals surface area contributed by atoms with E-state index in [0.717, 1.165) is 13.0 Å². The molecule has 4 nitrogen and oxygen atoms in total. The van der Waals surface area contributed by atoms with E-state index >= 15 is 0 Å². The Labute approximate surface area is 183 Å². The summed E-state index contributed by atoms with van der Waals surface area (Å²) in [7, 11) is 0. The van der Waals surface area contributed by atoms with Crippen molar-refractivity contribution in [2.75, 3.05) is 46.0 Å². The van der Waals surface area contributed by atoms with E-state index in [0.29, 0.717) is 36.0 Å². The number of rotatable bonds is 9. The molecule has 0 aliphatic heterocycles. The van der Waals surface area contributed by atoms with Gasteiger partial charge in [-0.3, -0.25) is 0 Å². The second-order valence-corrected chi connectivity index (χ2v) is 10.9. The number of quaternary nitrogens is 1. The summed E-state index contributed by atoms with van der Waals surface area (Å²) in [6.45, 7) is 12.5. The van der Waals surface area contributed by atoms with E-state index in [1.807, 2.05) is 0 Å². The molecule has 0 unspecified atom stereocenters. The van der Waals surface area contributed by atoms with Gasteiger partial charge in [-0.2, -0.15) is 0 Å². The first-order chi connectivity index (χ1) is 14.2. The van der Waals surface area contributed by atoms with Gasteiger partial charge >= 0.3 is 0 Å². The molecular weight excluding hydrogens is 374 g/mol. The molecule has 0 heterocycles. The summed E-state index contributed by atoms with van der Waals surface area (Å²) in [5.74, 6) is 1.15. The molecule has 2 aliphatic rings. The van der Waals surface area contributed by atoms with Gasteiger partial charge in [-0.25, -0.2) is 0 Å². The Bertz CT molecular complexity index is 701. The highest BCUT2D eigenvalue weighted by Gasteiger charge is 2.54. The fourth-order valence-electron chi connectivity index (χ4n) is 7.17. The lowest BCUT2D eigenvalue weighted by atomic mass is 9.49. The van der Waals surface area contributed by atoms with Gasteiger partial charge in [0.15, 0.2) is 0 Å². The molecule has 170 valence electrons. The molecule has 0 radical (unpaired) electrons. The van der Waals surface area contributed by atoms with E-state index in [1.54, 1.807) is 11.1 Å². The van der Waals surface area contributed by atoms with Crippen molar-refractivity contribution in [3.05, 3.63) is 34.9 Å². The highest BCUT2D eigenvalue weighted by molar-refractivity contribution is 5.42. The summed E-state index contributed by atoms with van der Waals surface area (Å²) in [6.07, 6.45) is 5.99. The van der Waals surface area contributed by atoms with Crippen molar-refractivity contribution in [1.29, 1.82) is 0 Å². The zero-order chi connectivity index (χ0) is 22.0. The van der Waals surface area contributed by atoms with Gasteiger partial charge in [0.1, 0.15) is 19.6 Å². The van der Waals surface area contributed by atoms with Gasteiger partial charge in [-0.15, -0.1) is 0 Å². The summed E-state index contributed by atoms with van der Waals surface area (Å²) in [5.41, 5.74) is 4.87. The Hall–Kier alpha value is -0.940. The van der Waals surface area contributed by atoms with Crippen LogP contribution in [0.3, 0.4) is 0 Å². The Morgan fingerprint density at radius 1 is 1.00 bits per heavy atom. The van der Waals surface area contributed by atoms with Crippen molar-refractivity contribution >= 4 is 0 Å². The third kappa shape index (κ3) is 4.34. The fourth-order valence-corrected chi connectivity index (χ4v) is 7.17. The van der Waals surface area contributed by atoms with Crippen molar-refractivity contribution in [2.24, 2.45) is 11.3 Å². The van der Waals surface area contributed by atoms with Crippen molar-refractivity contribution in [3.8, 4) is 0 Å². The molecule has 0 saturated heterocycles. The standard InChI is InChI=1S/C26H44NO3/c1-20(2)21-6-8-23-22(18-21)7-9-24-25(3,10-5-11-26(23,24)4)19-27(12-15-28,13-16-29)14-17-30/h6,8,18,20,24,28-30H,5,7,9-17,19H2,1-4H3/q+1/t24-,25-,26+/m0/s1. The summed E-state index contributed by atoms with van der Waals surface area (Å²) in [6, 6.07) is 7.21. The number of hydrogen-bond donors (Lipinski definition) is 3. The number of aliphatic hydroxyl groups excluding tert-OH is 3. The minimum absolute atomic E-state index is 0.0961. The van der Waals surface area contributed by atoms with Crippen LogP contribution in [0.1, 0.15) is 76.0 Å². The Kier molecular flexibility index (Phi) is 7.33. The molecule has 3 rings (SSSR count). The first kappa shape index (κ1) is 23.7.